The zero-order chi connectivity index (χ0) is 12.3. The predicted molar refractivity (Wildman–Crippen MR) is 62.4 cm³/mol. The van der Waals surface area contributed by atoms with Gasteiger partial charge in [0.2, 0.25) is 11.8 Å². The summed E-state index contributed by atoms with van der Waals surface area (Å²) in [6, 6.07) is -0.347. The molecule has 5 heteroatoms. The molecule has 2 aliphatic heterocycles. The van der Waals surface area contributed by atoms with E-state index < -0.39 is 0 Å². The molecule has 96 valence electrons. The number of carbonyl (C=O) groups is 2. The van der Waals surface area contributed by atoms with Crippen molar-refractivity contribution in [2.75, 3.05) is 19.7 Å². The first-order valence-corrected chi connectivity index (χ1v) is 6.37. The molecule has 2 heterocycles. The van der Waals surface area contributed by atoms with Crippen LogP contribution in [0.25, 0.3) is 0 Å². The highest BCUT2D eigenvalue weighted by molar-refractivity contribution is 5.88. The number of rotatable bonds is 2. The molecule has 0 radical (unpaired) electrons. The summed E-state index contributed by atoms with van der Waals surface area (Å²) < 4.78 is 5.55. The van der Waals surface area contributed by atoms with Gasteiger partial charge in [-0.2, -0.15) is 0 Å². The maximum atomic E-state index is 12.1. The minimum absolute atomic E-state index is 0.0410. The minimum atomic E-state index is -0.347. The van der Waals surface area contributed by atoms with E-state index >= 15 is 0 Å². The summed E-state index contributed by atoms with van der Waals surface area (Å²) in [5, 5.41) is 2.76. The highest BCUT2D eigenvalue weighted by Crippen LogP contribution is 2.17. The third-order valence-corrected chi connectivity index (χ3v) is 3.50. The van der Waals surface area contributed by atoms with Gasteiger partial charge < -0.3 is 15.0 Å². The normalized spacial score (nSPS) is 29.9. The SMILES string of the molecule is CC1C(=O)NCCN1C(=O)CC1CCCCO1. The van der Waals surface area contributed by atoms with Crippen LogP contribution >= 0.6 is 0 Å². The van der Waals surface area contributed by atoms with E-state index in [9.17, 15) is 9.59 Å². The Morgan fingerprint density at radius 2 is 2.35 bits per heavy atom. The lowest BCUT2D eigenvalue weighted by Crippen LogP contribution is -2.56. The first-order chi connectivity index (χ1) is 8.18. The molecule has 17 heavy (non-hydrogen) atoms. The van der Waals surface area contributed by atoms with Gasteiger partial charge in [-0.1, -0.05) is 0 Å². The molecule has 0 aromatic rings. The summed E-state index contributed by atoms with van der Waals surface area (Å²) in [5.41, 5.74) is 0. The number of nitrogens with zero attached hydrogens (tertiary/aromatic N) is 1. The molecule has 2 unspecified atom stereocenters. The largest absolute Gasteiger partial charge is 0.378 e. The summed E-state index contributed by atoms with van der Waals surface area (Å²) in [5.74, 6) is -0.0200. The molecule has 2 atom stereocenters. The van der Waals surface area contributed by atoms with Crippen molar-refractivity contribution in [3.05, 3.63) is 0 Å². The highest BCUT2D eigenvalue weighted by atomic mass is 16.5. The zero-order valence-corrected chi connectivity index (χ0v) is 10.3. The second kappa shape index (κ2) is 5.49. The number of carbonyl (C=O) groups excluding carboxylic acids is 2. The van der Waals surface area contributed by atoms with E-state index in [1.165, 1.54) is 0 Å². The highest BCUT2D eigenvalue weighted by Gasteiger charge is 2.30. The van der Waals surface area contributed by atoms with E-state index in [0.717, 1.165) is 25.9 Å². The van der Waals surface area contributed by atoms with Gasteiger partial charge in [-0.15, -0.1) is 0 Å². The minimum Gasteiger partial charge on any atom is -0.378 e. The van der Waals surface area contributed by atoms with Crippen LogP contribution in [0.1, 0.15) is 32.6 Å². The molecule has 2 saturated heterocycles. The molecule has 0 bridgehead atoms. The number of amides is 2. The van der Waals surface area contributed by atoms with Crippen molar-refractivity contribution in [1.82, 2.24) is 10.2 Å². The number of piperazine rings is 1. The van der Waals surface area contributed by atoms with Gasteiger partial charge in [0.15, 0.2) is 0 Å². The monoisotopic (exact) mass is 240 g/mol. The lowest BCUT2D eigenvalue weighted by Gasteiger charge is -2.34. The maximum absolute atomic E-state index is 12.1. The van der Waals surface area contributed by atoms with E-state index in [-0.39, 0.29) is 24.0 Å². The summed E-state index contributed by atoms with van der Waals surface area (Å²) in [6.07, 6.45) is 3.65. The average molecular weight is 240 g/mol. The van der Waals surface area contributed by atoms with Crippen LogP contribution in [0, 0.1) is 0 Å². The lowest BCUT2D eigenvalue weighted by atomic mass is 10.0. The van der Waals surface area contributed by atoms with Crippen molar-refractivity contribution >= 4 is 11.8 Å². The van der Waals surface area contributed by atoms with Crippen LogP contribution in [-0.2, 0) is 14.3 Å². The second-order valence-electron chi connectivity index (χ2n) is 4.75. The van der Waals surface area contributed by atoms with Crippen molar-refractivity contribution in [2.24, 2.45) is 0 Å². The molecular formula is C12H20N2O3. The molecule has 2 rings (SSSR count). The van der Waals surface area contributed by atoms with Crippen LogP contribution in [-0.4, -0.2) is 48.6 Å². The van der Waals surface area contributed by atoms with E-state index in [4.69, 9.17) is 4.74 Å². The fourth-order valence-corrected chi connectivity index (χ4v) is 2.40. The lowest BCUT2D eigenvalue weighted by molar-refractivity contribution is -0.145. The van der Waals surface area contributed by atoms with Crippen LogP contribution in [0.4, 0.5) is 0 Å². The van der Waals surface area contributed by atoms with Crippen LogP contribution in [0.15, 0.2) is 0 Å². The molecule has 2 amide bonds. The first-order valence-electron chi connectivity index (χ1n) is 6.37. The van der Waals surface area contributed by atoms with Crippen molar-refractivity contribution < 1.29 is 14.3 Å². The third kappa shape index (κ3) is 2.97. The number of ether oxygens (including phenoxy) is 1. The Bertz CT molecular complexity index is 300. The Morgan fingerprint density at radius 1 is 1.53 bits per heavy atom. The molecule has 1 N–H and O–H groups in total. The summed E-state index contributed by atoms with van der Waals surface area (Å²) >= 11 is 0. The summed E-state index contributed by atoms with van der Waals surface area (Å²) in [6.45, 7) is 3.70. The number of hydrogen-bond acceptors (Lipinski definition) is 3. The topological polar surface area (TPSA) is 58.6 Å². The van der Waals surface area contributed by atoms with Gasteiger partial charge in [0.25, 0.3) is 0 Å². The maximum Gasteiger partial charge on any atom is 0.242 e. The fraction of sp³-hybridized carbons (Fsp3) is 0.833. The standard InChI is InChI=1S/C12H20N2O3/c1-9-12(16)13-5-6-14(9)11(15)8-10-4-2-3-7-17-10/h9-10H,2-8H2,1H3,(H,13,16). The second-order valence-corrected chi connectivity index (χ2v) is 4.75. The van der Waals surface area contributed by atoms with Gasteiger partial charge in [-0.05, 0) is 26.2 Å². The first kappa shape index (κ1) is 12.4. The van der Waals surface area contributed by atoms with Crippen molar-refractivity contribution in [2.45, 2.75) is 44.8 Å². The van der Waals surface area contributed by atoms with Crippen molar-refractivity contribution in [1.29, 1.82) is 0 Å². The quantitative estimate of drug-likeness (QED) is 0.755. The van der Waals surface area contributed by atoms with E-state index in [1.807, 2.05) is 0 Å². The molecule has 2 fully saturated rings. The zero-order valence-electron chi connectivity index (χ0n) is 10.3. The van der Waals surface area contributed by atoms with Crippen LogP contribution < -0.4 is 5.32 Å². The van der Waals surface area contributed by atoms with Crippen LogP contribution in [0.5, 0.6) is 0 Å². The van der Waals surface area contributed by atoms with Gasteiger partial charge in [-0.3, -0.25) is 9.59 Å². The Morgan fingerprint density at radius 3 is 3.06 bits per heavy atom. The molecule has 2 aliphatic rings. The third-order valence-electron chi connectivity index (χ3n) is 3.50. The smallest absolute Gasteiger partial charge is 0.242 e. The molecule has 0 spiro atoms. The van der Waals surface area contributed by atoms with Gasteiger partial charge in [-0.25, -0.2) is 0 Å². The number of hydrogen-bond donors (Lipinski definition) is 1. The summed E-state index contributed by atoms with van der Waals surface area (Å²) in [7, 11) is 0. The van der Waals surface area contributed by atoms with Gasteiger partial charge in [0, 0.05) is 19.7 Å². The van der Waals surface area contributed by atoms with E-state index in [0.29, 0.717) is 19.5 Å². The Labute approximate surface area is 101 Å². The Kier molecular flexibility index (Phi) is 3.99. The summed E-state index contributed by atoms with van der Waals surface area (Å²) in [4.78, 5) is 25.2. The number of nitrogens with one attached hydrogen (secondary N) is 1. The fourth-order valence-electron chi connectivity index (χ4n) is 2.40. The molecule has 0 aromatic heterocycles. The van der Waals surface area contributed by atoms with Crippen molar-refractivity contribution in [3.63, 3.8) is 0 Å². The van der Waals surface area contributed by atoms with Gasteiger partial charge >= 0.3 is 0 Å². The van der Waals surface area contributed by atoms with Crippen LogP contribution in [0.3, 0.4) is 0 Å². The molecular weight excluding hydrogens is 220 g/mol. The molecule has 0 saturated carbocycles. The predicted octanol–water partition coefficient (Wildman–Crippen LogP) is 0.293. The molecule has 0 aliphatic carbocycles. The van der Waals surface area contributed by atoms with E-state index in [2.05, 4.69) is 5.32 Å². The Balaban J connectivity index is 1.87. The van der Waals surface area contributed by atoms with E-state index in [1.54, 1.807) is 11.8 Å². The average Bonchev–Trinajstić information content (AvgIpc) is 2.34. The van der Waals surface area contributed by atoms with Crippen molar-refractivity contribution in [3.8, 4) is 0 Å². The Hall–Kier alpha value is -1.10. The van der Waals surface area contributed by atoms with Gasteiger partial charge in [0.05, 0.1) is 12.5 Å². The van der Waals surface area contributed by atoms with Gasteiger partial charge in [0.1, 0.15) is 6.04 Å². The van der Waals surface area contributed by atoms with Crippen LogP contribution in [0.2, 0.25) is 0 Å². The molecule has 0 aromatic carbocycles. The molecule has 5 nitrogen and oxygen atoms in total.